The van der Waals surface area contributed by atoms with Crippen molar-refractivity contribution in [2.24, 2.45) is 0 Å². The SMILES string of the molecule is Cc1cc(C2CCCN2C(=O)Cn2nc(C)c3ccccc3c2=O)on1. The third-order valence-electron chi connectivity index (χ3n) is 4.89. The molecule has 1 saturated heterocycles. The van der Waals surface area contributed by atoms with Crippen LogP contribution in [0.5, 0.6) is 0 Å². The number of carbonyl (C=O) groups excluding carboxylic acids is 1. The van der Waals surface area contributed by atoms with Gasteiger partial charge in [0, 0.05) is 18.0 Å². The largest absolute Gasteiger partial charge is 0.359 e. The molecule has 4 rings (SSSR count). The molecule has 7 heteroatoms. The number of benzene rings is 1. The van der Waals surface area contributed by atoms with E-state index in [2.05, 4.69) is 10.3 Å². The topological polar surface area (TPSA) is 81.2 Å². The molecule has 0 aliphatic carbocycles. The molecule has 26 heavy (non-hydrogen) atoms. The minimum atomic E-state index is -0.245. The van der Waals surface area contributed by atoms with Crippen LogP contribution in [0.15, 0.2) is 39.6 Å². The van der Waals surface area contributed by atoms with Gasteiger partial charge in [0.2, 0.25) is 5.91 Å². The average Bonchev–Trinajstić information content (AvgIpc) is 3.28. The van der Waals surface area contributed by atoms with Gasteiger partial charge >= 0.3 is 0 Å². The Hall–Kier alpha value is -2.96. The Labute approximate surface area is 150 Å². The van der Waals surface area contributed by atoms with Gasteiger partial charge in [-0.15, -0.1) is 0 Å². The highest BCUT2D eigenvalue weighted by molar-refractivity contribution is 5.83. The fourth-order valence-electron chi connectivity index (χ4n) is 3.63. The zero-order valence-corrected chi connectivity index (χ0v) is 14.8. The number of nitrogens with zero attached hydrogens (tertiary/aromatic N) is 4. The smallest absolute Gasteiger partial charge is 0.275 e. The predicted molar refractivity (Wildman–Crippen MR) is 95.7 cm³/mol. The zero-order valence-electron chi connectivity index (χ0n) is 14.8. The Morgan fingerprint density at radius 1 is 1.27 bits per heavy atom. The lowest BCUT2D eigenvalue weighted by atomic mass is 10.1. The first kappa shape index (κ1) is 16.5. The molecule has 1 aliphatic rings. The summed E-state index contributed by atoms with van der Waals surface area (Å²) in [6.07, 6.45) is 1.73. The van der Waals surface area contributed by atoms with Crippen molar-refractivity contribution in [1.29, 1.82) is 0 Å². The molecule has 7 nitrogen and oxygen atoms in total. The number of likely N-dealkylation sites (tertiary alicyclic amines) is 1. The summed E-state index contributed by atoms with van der Waals surface area (Å²) in [6, 6.07) is 9.07. The monoisotopic (exact) mass is 352 g/mol. The van der Waals surface area contributed by atoms with Crippen molar-refractivity contribution in [2.45, 2.75) is 39.3 Å². The molecule has 0 radical (unpaired) electrons. The first-order valence-electron chi connectivity index (χ1n) is 8.74. The van der Waals surface area contributed by atoms with Gasteiger partial charge in [0.25, 0.3) is 5.56 Å². The van der Waals surface area contributed by atoms with Crippen LogP contribution in [0.4, 0.5) is 0 Å². The number of aromatic nitrogens is 3. The summed E-state index contributed by atoms with van der Waals surface area (Å²) in [6.45, 7) is 4.27. The quantitative estimate of drug-likeness (QED) is 0.723. The Morgan fingerprint density at radius 3 is 2.77 bits per heavy atom. The second-order valence-electron chi connectivity index (χ2n) is 6.71. The number of carbonyl (C=O) groups is 1. The van der Waals surface area contributed by atoms with Gasteiger partial charge in [0.15, 0.2) is 5.76 Å². The minimum Gasteiger partial charge on any atom is -0.359 e. The van der Waals surface area contributed by atoms with Crippen LogP contribution < -0.4 is 5.56 Å². The summed E-state index contributed by atoms with van der Waals surface area (Å²) in [7, 11) is 0. The van der Waals surface area contributed by atoms with Gasteiger partial charge < -0.3 is 9.42 Å². The van der Waals surface area contributed by atoms with Gasteiger partial charge in [-0.05, 0) is 32.8 Å². The van der Waals surface area contributed by atoms with Crippen molar-refractivity contribution in [3.05, 3.63) is 57.8 Å². The van der Waals surface area contributed by atoms with Crippen molar-refractivity contribution in [3.63, 3.8) is 0 Å². The number of rotatable bonds is 3. The van der Waals surface area contributed by atoms with E-state index in [4.69, 9.17) is 4.52 Å². The molecule has 3 heterocycles. The highest BCUT2D eigenvalue weighted by Gasteiger charge is 2.33. The van der Waals surface area contributed by atoms with Gasteiger partial charge in [0.05, 0.1) is 22.8 Å². The maximum absolute atomic E-state index is 12.9. The summed E-state index contributed by atoms with van der Waals surface area (Å²) >= 11 is 0. The van der Waals surface area contributed by atoms with Crippen molar-refractivity contribution in [1.82, 2.24) is 19.8 Å². The molecular weight excluding hydrogens is 332 g/mol. The molecule has 3 aromatic rings. The number of hydrogen-bond donors (Lipinski definition) is 0. The zero-order chi connectivity index (χ0) is 18.3. The third kappa shape index (κ3) is 2.79. The van der Waals surface area contributed by atoms with Crippen LogP contribution in [-0.2, 0) is 11.3 Å². The number of hydrogen-bond acceptors (Lipinski definition) is 5. The lowest BCUT2D eigenvalue weighted by molar-refractivity contribution is -0.133. The second-order valence-corrected chi connectivity index (χ2v) is 6.71. The maximum Gasteiger partial charge on any atom is 0.275 e. The molecule has 2 aromatic heterocycles. The van der Waals surface area contributed by atoms with E-state index in [-0.39, 0.29) is 24.1 Å². The van der Waals surface area contributed by atoms with Crippen molar-refractivity contribution < 1.29 is 9.32 Å². The van der Waals surface area contributed by atoms with Crippen LogP contribution in [0.25, 0.3) is 10.8 Å². The van der Waals surface area contributed by atoms with Crippen LogP contribution in [0.2, 0.25) is 0 Å². The van der Waals surface area contributed by atoms with Crippen LogP contribution >= 0.6 is 0 Å². The molecule has 0 N–H and O–H groups in total. The Morgan fingerprint density at radius 2 is 2.04 bits per heavy atom. The lowest BCUT2D eigenvalue weighted by Gasteiger charge is -2.23. The maximum atomic E-state index is 12.9. The minimum absolute atomic E-state index is 0.0753. The number of aryl methyl sites for hydroxylation is 2. The summed E-state index contributed by atoms with van der Waals surface area (Å²) in [5, 5.41) is 9.65. The van der Waals surface area contributed by atoms with Gasteiger partial charge in [-0.2, -0.15) is 5.10 Å². The molecule has 0 spiro atoms. The molecule has 1 atom stereocenters. The van der Waals surface area contributed by atoms with Crippen molar-refractivity contribution >= 4 is 16.7 Å². The normalized spacial score (nSPS) is 17.2. The van der Waals surface area contributed by atoms with E-state index in [0.717, 1.165) is 29.6 Å². The molecule has 1 unspecified atom stereocenters. The van der Waals surface area contributed by atoms with Crippen LogP contribution in [0.1, 0.15) is 36.0 Å². The fourth-order valence-corrected chi connectivity index (χ4v) is 3.63. The fraction of sp³-hybridized carbons (Fsp3) is 0.368. The van der Waals surface area contributed by atoms with E-state index in [9.17, 15) is 9.59 Å². The van der Waals surface area contributed by atoms with Crippen LogP contribution in [-0.4, -0.2) is 32.3 Å². The summed E-state index contributed by atoms with van der Waals surface area (Å²) in [4.78, 5) is 27.3. The Bertz CT molecular complexity index is 1040. The highest BCUT2D eigenvalue weighted by Crippen LogP contribution is 2.32. The summed E-state index contributed by atoms with van der Waals surface area (Å²) in [5.74, 6) is 0.564. The van der Waals surface area contributed by atoms with Crippen molar-refractivity contribution in [2.75, 3.05) is 6.54 Å². The van der Waals surface area contributed by atoms with Crippen LogP contribution in [0, 0.1) is 13.8 Å². The molecule has 0 saturated carbocycles. The van der Waals surface area contributed by atoms with Crippen molar-refractivity contribution in [3.8, 4) is 0 Å². The van der Waals surface area contributed by atoms with E-state index < -0.39 is 0 Å². The third-order valence-corrected chi connectivity index (χ3v) is 4.89. The molecule has 1 amide bonds. The Balaban J connectivity index is 1.63. The number of fused-ring (bicyclic) bond motifs is 1. The van der Waals surface area contributed by atoms with E-state index in [1.165, 1.54) is 4.68 Å². The first-order valence-corrected chi connectivity index (χ1v) is 8.74. The molecular formula is C19H20N4O3. The van der Waals surface area contributed by atoms with Gasteiger partial charge in [-0.25, -0.2) is 4.68 Å². The summed E-state index contributed by atoms with van der Waals surface area (Å²) < 4.78 is 6.62. The lowest BCUT2D eigenvalue weighted by Crippen LogP contribution is -2.37. The van der Waals surface area contributed by atoms with E-state index in [0.29, 0.717) is 17.7 Å². The molecule has 134 valence electrons. The standard InChI is InChI=1S/C19H20N4O3/c1-12-10-17(26-21-12)16-8-5-9-22(16)18(24)11-23-19(25)15-7-4-3-6-14(15)13(2)20-23/h3-4,6-7,10,16H,5,8-9,11H2,1-2H3. The molecule has 0 bridgehead atoms. The average molecular weight is 352 g/mol. The second kappa shape index (κ2) is 6.40. The van der Waals surface area contributed by atoms with Gasteiger partial charge in [0.1, 0.15) is 6.54 Å². The van der Waals surface area contributed by atoms with Crippen LogP contribution in [0.3, 0.4) is 0 Å². The summed E-state index contributed by atoms with van der Waals surface area (Å²) in [5.41, 5.74) is 1.28. The molecule has 1 aromatic carbocycles. The van der Waals surface area contributed by atoms with E-state index in [1.807, 2.05) is 38.1 Å². The van der Waals surface area contributed by atoms with Gasteiger partial charge in [-0.3, -0.25) is 9.59 Å². The number of amides is 1. The van der Waals surface area contributed by atoms with E-state index >= 15 is 0 Å². The molecule has 1 aliphatic heterocycles. The first-order chi connectivity index (χ1) is 12.5. The van der Waals surface area contributed by atoms with E-state index in [1.54, 1.807) is 11.0 Å². The Kier molecular flexibility index (Phi) is 4.06. The molecule has 1 fully saturated rings. The predicted octanol–water partition coefficient (Wildman–Crippen LogP) is 2.37. The highest BCUT2D eigenvalue weighted by atomic mass is 16.5. The van der Waals surface area contributed by atoms with Gasteiger partial charge in [-0.1, -0.05) is 23.4 Å².